The molecular formula is C14H15FN2O3S. The number of nitrogens with one attached hydrogen (secondary N) is 1. The van der Waals surface area contributed by atoms with Gasteiger partial charge in [0.05, 0.1) is 10.6 Å². The van der Waals surface area contributed by atoms with E-state index in [9.17, 15) is 12.8 Å². The lowest BCUT2D eigenvalue weighted by atomic mass is 10.2. The van der Waals surface area contributed by atoms with Gasteiger partial charge in [-0.25, -0.2) is 17.5 Å². The van der Waals surface area contributed by atoms with Gasteiger partial charge in [0.15, 0.2) is 17.3 Å². The van der Waals surface area contributed by atoms with E-state index in [1.165, 1.54) is 31.3 Å². The summed E-state index contributed by atoms with van der Waals surface area (Å²) >= 11 is 0. The summed E-state index contributed by atoms with van der Waals surface area (Å²) in [5, 5.41) is 0. The molecule has 0 atom stereocenters. The van der Waals surface area contributed by atoms with Gasteiger partial charge >= 0.3 is 0 Å². The average molecular weight is 310 g/mol. The number of hydrogen-bond donors (Lipinski definition) is 2. The van der Waals surface area contributed by atoms with Crippen molar-refractivity contribution in [3.8, 4) is 11.5 Å². The zero-order valence-corrected chi connectivity index (χ0v) is 12.4. The van der Waals surface area contributed by atoms with Crippen LogP contribution in [-0.2, 0) is 10.0 Å². The fourth-order valence-electron chi connectivity index (χ4n) is 1.72. The fraction of sp³-hybridized carbons (Fsp3) is 0.143. The van der Waals surface area contributed by atoms with E-state index < -0.39 is 15.8 Å². The molecule has 7 heteroatoms. The first kappa shape index (κ1) is 15.3. The zero-order valence-electron chi connectivity index (χ0n) is 11.6. The minimum absolute atomic E-state index is 0.0135. The van der Waals surface area contributed by atoms with Gasteiger partial charge in [-0.2, -0.15) is 0 Å². The first-order valence-corrected chi connectivity index (χ1v) is 7.59. The summed E-state index contributed by atoms with van der Waals surface area (Å²) in [5.41, 5.74) is 6.32. The molecular weight excluding hydrogens is 295 g/mol. The Morgan fingerprint density at radius 3 is 2.52 bits per heavy atom. The number of nitrogens with two attached hydrogens (primary N) is 1. The van der Waals surface area contributed by atoms with E-state index >= 15 is 0 Å². The van der Waals surface area contributed by atoms with Gasteiger partial charge in [-0.3, -0.25) is 0 Å². The van der Waals surface area contributed by atoms with Crippen LogP contribution in [0.15, 0.2) is 41.3 Å². The second-order valence-electron chi connectivity index (χ2n) is 4.40. The Bertz CT molecular complexity index is 776. The molecule has 2 aromatic carbocycles. The summed E-state index contributed by atoms with van der Waals surface area (Å²) in [6.07, 6.45) is 0. The first-order valence-electron chi connectivity index (χ1n) is 6.11. The Morgan fingerprint density at radius 1 is 1.19 bits per heavy atom. The first-order chi connectivity index (χ1) is 9.85. The monoisotopic (exact) mass is 310 g/mol. The highest BCUT2D eigenvalue weighted by molar-refractivity contribution is 7.89. The van der Waals surface area contributed by atoms with E-state index in [1.54, 1.807) is 19.1 Å². The normalized spacial score (nSPS) is 11.4. The Balaban J connectivity index is 2.37. The minimum Gasteiger partial charge on any atom is -0.452 e. The van der Waals surface area contributed by atoms with E-state index in [-0.39, 0.29) is 22.1 Å². The van der Waals surface area contributed by atoms with Crippen LogP contribution in [-0.4, -0.2) is 15.5 Å². The molecule has 0 aliphatic heterocycles. The molecule has 2 aromatic rings. The van der Waals surface area contributed by atoms with Crippen molar-refractivity contribution in [3.05, 3.63) is 47.8 Å². The summed E-state index contributed by atoms with van der Waals surface area (Å²) in [7, 11) is -2.28. The molecule has 0 unspecified atom stereocenters. The van der Waals surface area contributed by atoms with Crippen LogP contribution < -0.4 is 15.2 Å². The van der Waals surface area contributed by atoms with Crippen molar-refractivity contribution in [1.82, 2.24) is 4.72 Å². The average Bonchev–Trinajstić information content (AvgIpc) is 2.45. The molecule has 0 saturated carbocycles. The summed E-state index contributed by atoms with van der Waals surface area (Å²) in [6.45, 7) is 1.62. The third-order valence-corrected chi connectivity index (χ3v) is 4.35. The molecule has 112 valence electrons. The fourth-order valence-corrected chi connectivity index (χ4v) is 2.49. The number of rotatable bonds is 4. The van der Waals surface area contributed by atoms with Crippen molar-refractivity contribution < 1.29 is 17.5 Å². The number of aryl methyl sites for hydroxylation is 1. The standard InChI is InChI=1S/C14H15FN2O3S/c1-9-4-3-5-13(14(9)15)20-12-7-6-10(8-11(12)16)21(18,19)17-2/h3-8,17H,16H2,1-2H3. The van der Waals surface area contributed by atoms with Crippen molar-refractivity contribution in [3.63, 3.8) is 0 Å². The van der Waals surface area contributed by atoms with Crippen molar-refractivity contribution in [2.24, 2.45) is 0 Å². The quantitative estimate of drug-likeness (QED) is 0.850. The molecule has 2 rings (SSSR count). The summed E-state index contributed by atoms with van der Waals surface area (Å²) in [4.78, 5) is 0.0135. The predicted molar refractivity (Wildman–Crippen MR) is 78.3 cm³/mol. The van der Waals surface area contributed by atoms with Crippen LogP contribution in [0.2, 0.25) is 0 Å². The third-order valence-electron chi connectivity index (χ3n) is 2.94. The highest BCUT2D eigenvalue weighted by Crippen LogP contribution is 2.31. The van der Waals surface area contributed by atoms with E-state index in [1.807, 2.05) is 0 Å². The maximum absolute atomic E-state index is 13.9. The Hall–Kier alpha value is -2.12. The van der Waals surface area contributed by atoms with Crippen LogP contribution >= 0.6 is 0 Å². The lowest BCUT2D eigenvalue weighted by Gasteiger charge is -2.11. The van der Waals surface area contributed by atoms with Crippen LogP contribution in [0.25, 0.3) is 0 Å². The van der Waals surface area contributed by atoms with Crippen molar-refractivity contribution in [2.45, 2.75) is 11.8 Å². The van der Waals surface area contributed by atoms with E-state index in [4.69, 9.17) is 10.5 Å². The predicted octanol–water partition coefficient (Wildman–Crippen LogP) is 2.42. The summed E-state index contributed by atoms with van der Waals surface area (Å²) < 4.78 is 44.8. The van der Waals surface area contributed by atoms with E-state index in [0.717, 1.165) is 0 Å². The van der Waals surface area contributed by atoms with Crippen LogP contribution in [0.1, 0.15) is 5.56 Å². The molecule has 0 bridgehead atoms. The second kappa shape index (κ2) is 5.71. The van der Waals surface area contributed by atoms with Gasteiger partial charge in [0, 0.05) is 0 Å². The molecule has 0 aromatic heterocycles. The number of sulfonamides is 1. The molecule has 21 heavy (non-hydrogen) atoms. The molecule has 0 aliphatic carbocycles. The molecule has 0 aliphatic rings. The molecule has 5 nitrogen and oxygen atoms in total. The van der Waals surface area contributed by atoms with Gasteiger partial charge in [-0.15, -0.1) is 0 Å². The molecule has 0 radical (unpaired) electrons. The lowest BCUT2D eigenvalue weighted by Crippen LogP contribution is -2.18. The van der Waals surface area contributed by atoms with Gasteiger partial charge in [0.2, 0.25) is 10.0 Å². The lowest BCUT2D eigenvalue weighted by molar-refractivity contribution is 0.441. The topological polar surface area (TPSA) is 81.4 Å². The largest absolute Gasteiger partial charge is 0.452 e. The van der Waals surface area contributed by atoms with Crippen LogP contribution in [0, 0.1) is 12.7 Å². The highest BCUT2D eigenvalue weighted by atomic mass is 32.2. The summed E-state index contributed by atoms with van der Waals surface area (Å²) in [6, 6.07) is 8.74. The smallest absolute Gasteiger partial charge is 0.240 e. The number of anilines is 1. The summed E-state index contributed by atoms with van der Waals surface area (Å²) in [5.74, 6) is -0.260. The van der Waals surface area contributed by atoms with Gasteiger partial charge < -0.3 is 10.5 Å². The molecule has 3 N–H and O–H groups in total. The number of benzene rings is 2. The number of nitrogen functional groups attached to an aromatic ring is 1. The van der Waals surface area contributed by atoms with Gasteiger partial charge in [-0.05, 0) is 43.8 Å². The Kier molecular flexibility index (Phi) is 4.15. The Labute approximate surface area is 122 Å². The molecule has 0 spiro atoms. The van der Waals surface area contributed by atoms with Gasteiger partial charge in [0.1, 0.15) is 0 Å². The number of ether oxygens (including phenoxy) is 1. The van der Waals surface area contributed by atoms with Crippen molar-refractivity contribution >= 4 is 15.7 Å². The van der Waals surface area contributed by atoms with Crippen molar-refractivity contribution in [2.75, 3.05) is 12.8 Å². The third kappa shape index (κ3) is 3.14. The van der Waals surface area contributed by atoms with E-state index in [2.05, 4.69) is 4.72 Å². The van der Waals surface area contributed by atoms with Gasteiger partial charge in [-0.1, -0.05) is 12.1 Å². The van der Waals surface area contributed by atoms with Gasteiger partial charge in [0.25, 0.3) is 0 Å². The maximum Gasteiger partial charge on any atom is 0.240 e. The second-order valence-corrected chi connectivity index (χ2v) is 6.28. The van der Waals surface area contributed by atoms with Crippen molar-refractivity contribution in [1.29, 1.82) is 0 Å². The maximum atomic E-state index is 13.9. The highest BCUT2D eigenvalue weighted by Gasteiger charge is 2.15. The number of hydrogen-bond acceptors (Lipinski definition) is 4. The molecule has 0 amide bonds. The Morgan fingerprint density at radius 2 is 1.90 bits per heavy atom. The van der Waals surface area contributed by atoms with E-state index in [0.29, 0.717) is 5.56 Å². The molecule has 0 fully saturated rings. The number of halogens is 1. The molecule has 0 heterocycles. The van der Waals surface area contributed by atoms with Crippen LogP contribution in [0.5, 0.6) is 11.5 Å². The zero-order chi connectivity index (χ0) is 15.6. The SMILES string of the molecule is CNS(=O)(=O)c1ccc(Oc2cccc(C)c2F)c(N)c1. The van der Waals surface area contributed by atoms with Crippen LogP contribution in [0.4, 0.5) is 10.1 Å². The van der Waals surface area contributed by atoms with Crippen LogP contribution in [0.3, 0.4) is 0 Å². The minimum atomic E-state index is -3.58. The molecule has 0 saturated heterocycles.